The minimum atomic E-state index is -0.562. The van der Waals surface area contributed by atoms with E-state index in [1.54, 1.807) is 0 Å². The van der Waals surface area contributed by atoms with E-state index in [2.05, 4.69) is 22.2 Å². The molecule has 3 rings (SSSR count). The number of hydrogen-bond acceptors (Lipinski definition) is 5. The fraction of sp³-hybridized carbons (Fsp3) is 0.588. The number of likely N-dealkylation sites (N-methyl/N-ethyl adjacent to an activating group) is 1. The normalized spacial score (nSPS) is 21.9. The van der Waals surface area contributed by atoms with E-state index in [4.69, 9.17) is 9.47 Å². The molecule has 126 valence electrons. The summed E-state index contributed by atoms with van der Waals surface area (Å²) in [6, 6.07) is 7.43. The van der Waals surface area contributed by atoms with Gasteiger partial charge >= 0.3 is 0 Å². The molecule has 0 aromatic heterocycles. The van der Waals surface area contributed by atoms with Gasteiger partial charge in [-0.25, -0.2) is 0 Å². The molecule has 0 bridgehead atoms. The van der Waals surface area contributed by atoms with Crippen LogP contribution in [-0.2, 0) is 4.79 Å². The van der Waals surface area contributed by atoms with Gasteiger partial charge in [0.05, 0.1) is 0 Å². The molecule has 1 atom stereocenters. The molecule has 0 spiro atoms. The number of carbonyl (C=O) groups is 1. The third-order valence-electron chi connectivity index (χ3n) is 4.35. The zero-order valence-electron chi connectivity index (χ0n) is 13.7. The van der Waals surface area contributed by atoms with Gasteiger partial charge in [-0.15, -0.1) is 0 Å². The predicted molar refractivity (Wildman–Crippen MR) is 87.9 cm³/mol. The standard InChI is InChI=1S/C17H25N3O3/c1-19-9-11-20(12-10-19)8-4-7-18-17(21)16-13-22-14-5-2-3-6-15(14)23-16/h2-3,5-6,16H,4,7-13H2,1H3,(H,18,21). The number of nitrogens with one attached hydrogen (secondary N) is 1. The molecule has 1 N–H and O–H groups in total. The Morgan fingerprint density at radius 1 is 1.22 bits per heavy atom. The molecule has 2 aliphatic rings. The van der Waals surface area contributed by atoms with E-state index < -0.39 is 6.10 Å². The molecule has 2 aliphatic heterocycles. The summed E-state index contributed by atoms with van der Waals surface area (Å²) in [5, 5.41) is 2.95. The first kappa shape index (κ1) is 16.1. The van der Waals surface area contributed by atoms with Crippen molar-refractivity contribution in [1.82, 2.24) is 15.1 Å². The SMILES string of the molecule is CN1CCN(CCCNC(=O)C2COc3ccccc3O2)CC1. The smallest absolute Gasteiger partial charge is 0.264 e. The van der Waals surface area contributed by atoms with E-state index in [1.165, 1.54) is 0 Å². The first-order chi connectivity index (χ1) is 11.2. The fourth-order valence-electron chi connectivity index (χ4n) is 2.85. The summed E-state index contributed by atoms with van der Waals surface area (Å²) in [6.07, 6.45) is 0.396. The van der Waals surface area contributed by atoms with E-state index in [0.717, 1.165) is 39.1 Å². The van der Waals surface area contributed by atoms with Gasteiger partial charge in [-0.3, -0.25) is 4.79 Å². The van der Waals surface area contributed by atoms with Crippen LogP contribution in [0.1, 0.15) is 6.42 Å². The fourth-order valence-corrected chi connectivity index (χ4v) is 2.85. The van der Waals surface area contributed by atoms with Crippen molar-refractivity contribution in [3.63, 3.8) is 0 Å². The Labute approximate surface area is 137 Å². The van der Waals surface area contributed by atoms with Crippen molar-refractivity contribution >= 4 is 5.91 Å². The third kappa shape index (κ3) is 4.36. The number of nitrogens with zero attached hydrogens (tertiary/aromatic N) is 2. The molecule has 1 saturated heterocycles. The monoisotopic (exact) mass is 319 g/mol. The minimum absolute atomic E-state index is 0.0992. The first-order valence-electron chi connectivity index (χ1n) is 8.29. The van der Waals surface area contributed by atoms with Crippen LogP contribution in [0.2, 0.25) is 0 Å². The van der Waals surface area contributed by atoms with Crippen molar-refractivity contribution in [1.29, 1.82) is 0 Å². The molecule has 0 saturated carbocycles. The number of amides is 1. The van der Waals surface area contributed by atoms with Crippen LogP contribution in [0.3, 0.4) is 0 Å². The Balaban J connectivity index is 1.35. The van der Waals surface area contributed by atoms with E-state index in [9.17, 15) is 4.79 Å². The molecule has 0 aliphatic carbocycles. The highest BCUT2D eigenvalue weighted by Gasteiger charge is 2.26. The summed E-state index contributed by atoms with van der Waals surface area (Å²) >= 11 is 0. The Kier molecular flexibility index (Phi) is 5.35. The van der Waals surface area contributed by atoms with Gasteiger partial charge in [0, 0.05) is 32.7 Å². The Hall–Kier alpha value is -1.79. The van der Waals surface area contributed by atoms with Crippen molar-refractivity contribution in [3.8, 4) is 11.5 Å². The molecule has 23 heavy (non-hydrogen) atoms. The lowest BCUT2D eigenvalue weighted by molar-refractivity contribution is -0.130. The summed E-state index contributed by atoms with van der Waals surface area (Å²) in [5.74, 6) is 1.24. The highest BCUT2D eigenvalue weighted by atomic mass is 16.6. The molecule has 2 heterocycles. The maximum absolute atomic E-state index is 12.2. The van der Waals surface area contributed by atoms with Crippen LogP contribution in [0, 0.1) is 0 Å². The second-order valence-electron chi connectivity index (χ2n) is 6.15. The maximum atomic E-state index is 12.2. The second kappa shape index (κ2) is 7.66. The van der Waals surface area contributed by atoms with Crippen LogP contribution in [0.5, 0.6) is 11.5 Å². The number of piperazine rings is 1. The number of hydrogen-bond donors (Lipinski definition) is 1. The number of carbonyl (C=O) groups excluding carboxylic acids is 1. The molecule has 1 amide bonds. The zero-order chi connectivity index (χ0) is 16.1. The summed E-state index contributed by atoms with van der Waals surface area (Å²) in [7, 11) is 2.15. The van der Waals surface area contributed by atoms with E-state index in [-0.39, 0.29) is 12.5 Å². The maximum Gasteiger partial charge on any atom is 0.264 e. The molecule has 1 aromatic rings. The summed E-state index contributed by atoms with van der Waals surface area (Å²) in [4.78, 5) is 17.0. The molecule has 6 nitrogen and oxygen atoms in total. The Morgan fingerprint density at radius 2 is 1.96 bits per heavy atom. The molecule has 0 radical (unpaired) electrons. The van der Waals surface area contributed by atoms with Gasteiger partial charge in [0.1, 0.15) is 6.61 Å². The van der Waals surface area contributed by atoms with Gasteiger partial charge in [-0.1, -0.05) is 12.1 Å². The lowest BCUT2D eigenvalue weighted by atomic mass is 10.2. The quantitative estimate of drug-likeness (QED) is 0.805. The van der Waals surface area contributed by atoms with E-state index in [0.29, 0.717) is 18.0 Å². The van der Waals surface area contributed by atoms with Gasteiger partial charge in [0.25, 0.3) is 5.91 Å². The number of benzene rings is 1. The van der Waals surface area contributed by atoms with Crippen molar-refractivity contribution in [2.24, 2.45) is 0 Å². The minimum Gasteiger partial charge on any atom is -0.485 e. The largest absolute Gasteiger partial charge is 0.485 e. The van der Waals surface area contributed by atoms with Crippen molar-refractivity contribution in [3.05, 3.63) is 24.3 Å². The number of para-hydroxylation sites is 2. The van der Waals surface area contributed by atoms with Crippen LogP contribution in [-0.4, -0.2) is 74.7 Å². The van der Waals surface area contributed by atoms with Crippen LogP contribution in [0.4, 0.5) is 0 Å². The lowest BCUT2D eigenvalue weighted by Gasteiger charge is -2.32. The molecule has 1 fully saturated rings. The molecular formula is C17H25N3O3. The number of ether oxygens (including phenoxy) is 2. The lowest BCUT2D eigenvalue weighted by Crippen LogP contribution is -2.46. The van der Waals surface area contributed by atoms with Crippen molar-refractivity contribution < 1.29 is 14.3 Å². The number of rotatable bonds is 5. The average molecular weight is 319 g/mol. The van der Waals surface area contributed by atoms with E-state index >= 15 is 0 Å². The van der Waals surface area contributed by atoms with Crippen LogP contribution in [0.25, 0.3) is 0 Å². The summed E-state index contributed by atoms with van der Waals surface area (Å²) in [6.45, 7) is 6.44. The summed E-state index contributed by atoms with van der Waals surface area (Å²) in [5.41, 5.74) is 0. The molecule has 1 unspecified atom stereocenters. The molecule has 6 heteroatoms. The second-order valence-corrected chi connectivity index (χ2v) is 6.15. The predicted octanol–water partition coefficient (Wildman–Crippen LogP) is 0.580. The van der Waals surface area contributed by atoms with Gasteiger partial charge in [-0.2, -0.15) is 0 Å². The Bertz CT molecular complexity index is 530. The molecular weight excluding hydrogens is 294 g/mol. The topological polar surface area (TPSA) is 54.0 Å². The van der Waals surface area contributed by atoms with Crippen LogP contribution >= 0.6 is 0 Å². The van der Waals surface area contributed by atoms with Gasteiger partial charge in [0.15, 0.2) is 11.5 Å². The Morgan fingerprint density at radius 3 is 2.74 bits per heavy atom. The average Bonchev–Trinajstić information content (AvgIpc) is 2.59. The summed E-state index contributed by atoms with van der Waals surface area (Å²) < 4.78 is 11.3. The highest BCUT2D eigenvalue weighted by Crippen LogP contribution is 2.30. The van der Waals surface area contributed by atoms with Gasteiger partial charge in [-0.05, 0) is 32.1 Å². The van der Waals surface area contributed by atoms with Gasteiger partial charge in [0.2, 0.25) is 6.10 Å². The van der Waals surface area contributed by atoms with Crippen LogP contribution in [0.15, 0.2) is 24.3 Å². The van der Waals surface area contributed by atoms with Crippen molar-refractivity contribution in [2.75, 3.05) is 52.9 Å². The zero-order valence-corrected chi connectivity index (χ0v) is 13.7. The highest BCUT2D eigenvalue weighted by molar-refractivity contribution is 5.81. The van der Waals surface area contributed by atoms with E-state index in [1.807, 2.05) is 24.3 Å². The van der Waals surface area contributed by atoms with Crippen LogP contribution < -0.4 is 14.8 Å². The third-order valence-corrected chi connectivity index (χ3v) is 4.35. The first-order valence-corrected chi connectivity index (χ1v) is 8.29. The number of fused-ring (bicyclic) bond motifs is 1. The van der Waals surface area contributed by atoms with Crippen molar-refractivity contribution in [2.45, 2.75) is 12.5 Å². The molecule has 1 aromatic carbocycles. The van der Waals surface area contributed by atoms with Gasteiger partial charge < -0.3 is 24.6 Å².